The van der Waals surface area contributed by atoms with Crippen molar-refractivity contribution in [2.45, 2.75) is 12.1 Å². The van der Waals surface area contributed by atoms with Crippen LogP contribution in [-0.2, 0) is 4.79 Å². The molecule has 0 saturated heterocycles. The van der Waals surface area contributed by atoms with Gasteiger partial charge >= 0.3 is 0 Å². The zero-order valence-corrected chi connectivity index (χ0v) is 12.4. The van der Waals surface area contributed by atoms with E-state index in [9.17, 15) is 4.79 Å². The molecule has 0 saturated carbocycles. The molecule has 0 aliphatic heterocycles. The molecule has 0 aliphatic rings. The first-order valence-corrected chi connectivity index (χ1v) is 7.17. The first kappa shape index (κ1) is 14.6. The molecule has 0 atom stereocenters. The molecule has 1 aromatic heterocycles. The van der Waals surface area contributed by atoms with E-state index in [-0.39, 0.29) is 5.91 Å². The SMILES string of the molecule is C=C(Cl)CSc1nncn1-c1cccc(NC(C)=O)c1. The summed E-state index contributed by atoms with van der Waals surface area (Å²) in [6, 6.07) is 7.44. The van der Waals surface area contributed by atoms with Crippen molar-refractivity contribution < 1.29 is 4.79 Å². The van der Waals surface area contributed by atoms with Crippen LogP contribution >= 0.6 is 23.4 Å². The first-order chi connectivity index (χ1) is 9.56. The van der Waals surface area contributed by atoms with Gasteiger partial charge in [0.15, 0.2) is 5.16 Å². The summed E-state index contributed by atoms with van der Waals surface area (Å²) >= 11 is 7.20. The van der Waals surface area contributed by atoms with Gasteiger partial charge < -0.3 is 5.32 Å². The van der Waals surface area contributed by atoms with Crippen molar-refractivity contribution in [3.05, 3.63) is 42.2 Å². The Hall–Kier alpha value is -1.79. The van der Waals surface area contributed by atoms with E-state index in [0.29, 0.717) is 15.9 Å². The van der Waals surface area contributed by atoms with E-state index in [1.165, 1.54) is 18.7 Å². The maximum absolute atomic E-state index is 11.1. The van der Waals surface area contributed by atoms with Gasteiger partial charge in [-0.25, -0.2) is 0 Å². The molecule has 5 nitrogen and oxygen atoms in total. The predicted molar refractivity (Wildman–Crippen MR) is 81.4 cm³/mol. The molecule has 2 rings (SSSR count). The lowest BCUT2D eigenvalue weighted by atomic mass is 10.2. The van der Waals surface area contributed by atoms with Gasteiger partial charge in [-0.3, -0.25) is 9.36 Å². The van der Waals surface area contributed by atoms with E-state index in [1.807, 2.05) is 28.8 Å². The van der Waals surface area contributed by atoms with Gasteiger partial charge in [0.05, 0.1) is 5.69 Å². The van der Waals surface area contributed by atoms with Crippen LogP contribution in [-0.4, -0.2) is 26.4 Å². The van der Waals surface area contributed by atoms with Crippen LogP contribution in [0.25, 0.3) is 5.69 Å². The fourth-order valence-corrected chi connectivity index (χ4v) is 2.43. The number of aromatic nitrogens is 3. The summed E-state index contributed by atoms with van der Waals surface area (Å²) in [5.41, 5.74) is 1.59. The highest BCUT2D eigenvalue weighted by molar-refractivity contribution is 7.99. The average molecular weight is 309 g/mol. The molecule has 0 bridgehead atoms. The minimum absolute atomic E-state index is 0.112. The fraction of sp³-hybridized carbons (Fsp3) is 0.154. The highest BCUT2D eigenvalue weighted by atomic mass is 35.5. The number of carbonyl (C=O) groups excluding carboxylic acids is 1. The van der Waals surface area contributed by atoms with Gasteiger partial charge in [0, 0.05) is 23.4 Å². The summed E-state index contributed by atoms with van der Waals surface area (Å²) < 4.78 is 1.83. The monoisotopic (exact) mass is 308 g/mol. The predicted octanol–water partition coefficient (Wildman–Crippen LogP) is 3.07. The number of nitrogens with one attached hydrogen (secondary N) is 1. The third-order valence-electron chi connectivity index (χ3n) is 2.32. The number of halogens is 1. The number of anilines is 1. The van der Waals surface area contributed by atoms with Gasteiger partial charge in [-0.05, 0) is 18.2 Å². The Balaban J connectivity index is 2.25. The third kappa shape index (κ3) is 3.85. The van der Waals surface area contributed by atoms with Crippen molar-refractivity contribution in [3.63, 3.8) is 0 Å². The molecular weight excluding hydrogens is 296 g/mol. The maximum atomic E-state index is 11.1. The number of rotatable bonds is 5. The van der Waals surface area contributed by atoms with Crippen LogP contribution in [0.4, 0.5) is 5.69 Å². The Labute approximate surface area is 126 Å². The van der Waals surface area contributed by atoms with Crippen LogP contribution in [0, 0.1) is 0 Å². The van der Waals surface area contributed by atoms with E-state index < -0.39 is 0 Å². The number of hydrogen-bond donors (Lipinski definition) is 1. The molecule has 1 amide bonds. The topological polar surface area (TPSA) is 59.8 Å². The quantitative estimate of drug-likeness (QED) is 0.862. The number of carbonyl (C=O) groups is 1. The molecule has 0 unspecified atom stereocenters. The largest absolute Gasteiger partial charge is 0.326 e. The number of benzene rings is 1. The highest BCUT2D eigenvalue weighted by Gasteiger charge is 2.08. The molecule has 2 aromatic rings. The Kier molecular flexibility index (Phi) is 4.81. The minimum Gasteiger partial charge on any atom is -0.326 e. The van der Waals surface area contributed by atoms with Crippen molar-refractivity contribution in [1.82, 2.24) is 14.8 Å². The molecule has 0 fully saturated rings. The lowest BCUT2D eigenvalue weighted by Crippen LogP contribution is -2.06. The van der Waals surface area contributed by atoms with E-state index >= 15 is 0 Å². The third-order valence-corrected chi connectivity index (χ3v) is 3.64. The molecule has 20 heavy (non-hydrogen) atoms. The Bertz CT molecular complexity index is 641. The smallest absolute Gasteiger partial charge is 0.221 e. The van der Waals surface area contributed by atoms with Gasteiger partial charge in [0.2, 0.25) is 5.91 Å². The zero-order chi connectivity index (χ0) is 14.5. The summed E-state index contributed by atoms with van der Waals surface area (Å²) in [6.45, 7) is 5.11. The number of thioether (sulfide) groups is 1. The highest BCUT2D eigenvalue weighted by Crippen LogP contribution is 2.23. The van der Waals surface area contributed by atoms with Gasteiger partial charge in [-0.15, -0.1) is 10.2 Å². The van der Waals surface area contributed by atoms with E-state index in [4.69, 9.17) is 11.6 Å². The first-order valence-electron chi connectivity index (χ1n) is 5.80. The normalized spacial score (nSPS) is 10.3. The van der Waals surface area contributed by atoms with Gasteiger partial charge in [0.25, 0.3) is 0 Å². The Morgan fingerprint density at radius 3 is 3.05 bits per heavy atom. The van der Waals surface area contributed by atoms with Gasteiger partial charge in [-0.1, -0.05) is 36.0 Å². The summed E-state index contributed by atoms with van der Waals surface area (Å²) in [7, 11) is 0. The van der Waals surface area contributed by atoms with Crippen molar-refractivity contribution >= 4 is 35.0 Å². The molecular formula is C13H13ClN4OS. The van der Waals surface area contributed by atoms with Crippen molar-refractivity contribution in [3.8, 4) is 5.69 Å². The van der Waals surface area contributed by atoms with Crippen molar-refractivity contribution in [2.24, 2.45) is 0 Å². The van der Waals surface area contributed by atoms with Crippen molar-refractivity contribution in [2.75, 3.05) is 11.1 Å². The molecule has 1 aromatic carbocycles. The second-order valence-electron chi connectivity index (χ2n) is 4.02. The van der Waals surface area contributed by atoms with Gasteiger partial charge in [0.1, 0.15) is 6.33 Å². The number of hydrogen-bond acceptors (Lipinski definition) is 4. The van der Waals surface area contributed by atoms with Crippen LogP contribution in [0.1, 0.15) is 6.92 Å². The van der Waals surface area contributed by atoms with Crippen molar-refractivity contribution in [1.29, 1.82) is 0 Å². The molecule has 0 aliphatic carbocycles. The Morgan fingerprint density at radius 1 is 1.55 bits per heavy atom. The van der Waals surface area contributed by atoms with Crippen LogP contribution < -0.4 is 5.32 Å². The molecule has 1 N–H and O–H groups in total. The number of nitrogens with zero attached hydrogens (tertiary/aromatic N) is 3. The molecule has 1 heterocycles. The summed E-state index contributed by atoms with van der Waals surface area (Å²) in [4.78, 5) is 11.1. The lowest BCUT2D eigenvalue weighted by molar-refractivity contribution is -0.114. The van der Waals surface area contributed by atoms with Crippen LogP contribution in [0.5, 0.6) is 0 Å². The summed E-state index contributed by atoms with van der Waals surface area (Å²) in [6.07, 6.45) is 1.62. The van der Waals surface area contributed by atoms with E-state index in [1.54, 1.807) is 6.33 Å². The maximum Gasteiger partial charge on any atom is 0.221 e. The van der Waals surface area contributed by atoms with Gasteiger partial charge in [-0.2, -0.15) is 0 Å². The molecule has 0 radical (unpaired) electrons. The van der Waals surface area contributed by atoms with Crippen LogP contribution in [0.15, 0.2) is 47.4 Å². The van der Waals surface area contributed by atoms with Crippen LogP contribution in [0.3, 0.4) is 0 Å². The van der Waals surface area contributed by atoms with Crippen LogP contribution in [0.2, 0.25) is 0 Å². The van der Waals surface area contributed by atoms with E-state index in [0.717, 1.165) is 11.4 Å². The molecule has 0 spiro atoms. The second-order valence-corrected chi connectivity index (χ2v) is 5.50. The van der Waals surface area contributed by atoms with E-state index in [2.05, 4.69) is 22.1 Å². The zero-order valence-electron chi connectivity index (χ0n) is 10.8. The standard InChI is InChI=1S/C13H13ClN4OS/c1-9(14)7-20-13-17-15-8-18(13)12-5-3-4-11(6-12)16-10(2)19/h3-6,8H,1,7H2,2H3,(H,16,19). The second kappa shape index (κ2) is 6.58. The fourth-order valence-electron chi connectivity index (χ4n) is 1.58. The minimum atomic E-state index is -0.112. The number of amides is 1. The average Bonchev–Trinajstić information content (AvgIpc) is 2.84. The summed E-state index contributed by atoms with van der Waals surface area (Å²) in [5, 5.41) is 12.0. The molecule has 7 heteroatoms. The summed E-state index contributed by atoms with van der Waals surface area (Å²) in [5.74, 6) is 0.449. The molecule has 104 valence electrons. The lowest BCUT2D eigenvalue weighted by Gasteiger charge is -2.08. The Morgan fingerprint density at radius 2 is 2.35 bits per heavy atom.